The van der Waals surface area contributed by atoms with Crippen LogP contribution in [-0.2, 0) is 4.79 Å². The van der Waals surface area contributed by atoms with Crippen molar-refractivity contribution in [1.29, 1.82) is 0 Å². The zero-order chi connectivity index (χ0) is 20.6. The summed E-state index contributed by atoms with van der Waals surface area (Å²) in [7, 11) is 2.05. The lowest BCUT2D eigenvalue weighted by Gasteiger charge is -2.20. The molecule has 0 saturated heterocycles. The fourth-order valence-corrected chi connectivity index (χ4v) is 2.79. The van der Waals surface area contributed by atoms with Gasteiger partial charge < -0.3 is 10.2 Å². The van der Waals surface area contributed by atoms with Crippen molar-refractivity contribution in [3.63, 3.8) is 0 Å². The van der Waals surface area contributed by atoms with Gasteiger partial charge in [0.1, 0.15) is 5.69 Å². The van der Waals surface area contributed by atoms with Gasteiger partial charge in [0.05, 0.1) is 5.69 Å². The second-order valence-electron chi connectivity index (χ2n) is 7.15. The standard InChI is InChI=1S/C23H27N5O/c1-18(2)27(3)15-14-25-22(29)12-11-20-17-28(21-9-5-4-6-10-21)26-23(20)19-8-7-13-24-16-19/h4-13,16-18H,14-15H2,1-3H3,(H,25,29)/b12-11+. The molecule has 2 aromatic heterocycles. The summed E-state index contributed by atoms with van der Waals surface area (Å²) in [4.78, 5) is 18.6. The Morgan fingerprint density at radius 2 is 2.00 bits per heavy atom. The Morgan fingerprint density at radius 3 is 2.69 bits per heavy atom. The number of amides is 1. The summed E-state index contributed by atoms with van der Waals surface area (Å²) in [6.45, 7) is 5.68. The summed E-state index contributed by atoms with van der Waals surface area (Å²) in [5.74, 6) is -0.119. The Bertz CT molecular complexity index is 948. The van der Waals surface area contributed by atoms with Gasteiger partial charge in [-0.25, -0.2) is 4.68 Å². The molecule has 6 nitrogen and oxygen atoms in total. The third-order valence-electron chi connectivity index (χ3n) is 4.76. The Labute approximate surface area is 171 Å². The molecule has 0 radical (unpaired) electrons. The Kier molecular flexibility index (Phi) is 6.92. The van der Waals surface area contributed by atoms with Crippen LogP contribution in [0.2, 0.25) is 0 Å². The van der Waals surface area contributed by atoms with Crippen LogP contribution in [0.1, 0.15) is 19.4 Å². The topological polar surface area (TPSA) is 63.1 Å². The first-order valence-electron chi connectivity index (χ1n) is 9.76. The molecule has 0 fully saturated rings. The quantitative estimate of drug-likeness (QED) is 0.600. The number of carbonyl (C=O) groups is 1. The largest absolute Gasteiger partial charge is 0.351 e. The van der Waals surface area contributed by atoms with E-state index in [1.807, 2.05) is 60.4 Å². The van der Waals surface area contributed by atoms with Crippen molar-refractivity contribution in [2.45, 2.75) is 19.9 Å². The van der Waals surface area contributed by atoms with E-state index in [0.717, 1.165) is 29.1 Å². The van der Waals surface area contributed by atoms with E-state index in [-0.39, 0.29) is 5.91 Å². The zero-order valence-electron chi connectivity index (χ0n) is 17.1. The maximum atomic E-state index is 12.2. The lowest BCUT2D eigenvalue weighted by atomic mass is 10.1. The van der Waals surface area contributed by atoms with Gasteiger partial charge in [0, 0.05) is 54.9 Å². The molecule has 0 unspecified atom stereocenters. The number of hydrogen-bond acceptors (Lipinski definition) is 4. The van der Waals surface area contributed by atoms with E-state index in [1.54, 1.807) is 24.5 Å². The van der Waals surface area contributed by atoms with Crippen LogP contribution in [0, 0.1) is 0 Å². The number of nitrogens with zero attached hydrogens (tertiary/aromatic N) is 4. The van der Waals surface area contributed by atoms with Crippen molar-refractivity contribution in [1.82, 2.24) is 25.0 Å². The highest BCUT2D eigenvalue weighted by atomic mass is 16.1. The average Bonchev–Trinajstić information content (AvgIpc) is 3.17. The molecule has 29 heavy (non-hydrogen) atoms. The molecule has 0 aliphatic rings. The lowest BCUT2D eigenvalue weighted by molar-refractivity contribution is -0.116. The van der Waals surface area contributed by atoms with Crippen LogP contribution in [0.25, 0.3) is 23.0 Å². The van der Waals surface area contributed by atoms with Gasteiger partial charge in [-0.15, -0.1) is 0 Å². The molecular weight excluding hydrogens is 362 g/mol. The minimum absolute atomic E-state index is 0.119. The number of aromatic nitrogens is 3. The second-order valence-corrected chi connectivity index (χ2v) is 7.15. The summed E-state index contributed by atoms with van der Waals surface area (Å²) in [5.41, 5.74) is 3.50. The van der Waals surface area contributed by atoms with Gasteiger partial charge in [-0.05, 0) is 51.2 Å². The molecule has 3 rings (SSSR count). The normalized spacial score (nSPS) is 11.5. The van der Waals surface area contributed by atoms with Crippen LogP contribution in [0.4, 0.5) is 0 Å². The van der Waals surface area contributed by atoms with Crippen molar-refractivity contribution in [3.8, 4) is 16.9 Å². The zero-order valence-corrected chi connectivity index (χ0v) is 17.1. The first kappa shape index (κ1) is 20.5. The summed E-state index contributed by atoms with van der Waals surface area (Å²) in [6.07, 6.45) is 8.79. The molecule has 1 aromatic carbocycles. The molecule has 3 aromatic rings. The van der Waals surface area contributed by atoms with Crippen LogP contribution in [-0.4, -0.2) is 51.8 Å². The molecule has 0 aliphatic heterocycles. The third-order valence-corrected chi connectivity index (χ3v) is 4.76. The Morgan fingerprint density at radius 1 is 1.21 bits per heavy atom. The molecular formula is C23H27N5O. The predicted molar refractivity (Wildman–Crippen MR) is 117 cm³/mol. The second kappa shape index (κ2) is 9.80. The fraction of sp³-hybridized carbons (Fsp3) is 0.261. The summed E-state index contributed by atoms with van der Waals surface area (Å²) >= 11 is 0. The van der Waals surface area contributed by atoms with Gasteiger partial charge in [-0.3, -0.25) is 9.78 Å². The van der Waals surface area contributed by atoms with Crippen molar-refractivity contribution in [3.05, 3.63) is 72.7 Å². The van der Waals surface area contributed by atoms with Gasteiger partial charge in [0.15, 0.2) is 0 Å². The monoisotopic (exact) mass is 389 g/mol. The SMILES string of the molecule is CC(C)N(C)CCNC(=O)/C=C/c1cn(-c2ccccc2)nc1-c1cccnc1. The highest BCUT2D eigenvalue weighted by Gasteiger charge is 2.11. The van der Waals surface area contributed by atoms with Gasteiger partial charge >= 0.3 is 0 Å². The Balaban J connectivity index is 1.77. The molecule has 6 heteroatoms. The van der Waals surface area contributed by atoms with Crippen molar-refractivity contribution >= 4 is 12.0 Å². The maximum Gasteiger partial charge on any atom is 0.244 e. The molecule has 0 spiro atoms. The summed E-state index contributed by atoms with van der Waals surface area (Å²) in [6, 6.07) is 14.2. The van der Waals surface area contributed by atoms with Crippen LogP contribution in [0.15, 0.2) is 67.1 Å². The van der Waals surface area contributed by atoms with Gasteiger partial charge in [-0.1, -0.05) is 18.2 Å². The van der Waals surface area contributed by atoms with Crippen LogP contribution in [0.3, 0.4) is 0 Å². The predicted octanol–water partition coefficient (Wildman–Crippen LogP) is 3.40. The number of benzene rings is 1. The Hall–Kier alpha value is -3.25. The van der Waals surface area contributed by atoms with Gasteiger partial charge in [0.25, 0.3) is 0 Å². The van der Waals surface area contributed by atoms with Crippen molar-refractivity contribution < 1.29 is 4.79 Å². The minimum Gasteiger partial charge on any atom is -0.351 e. The highest BCUT2D eigenvalue weighted by molar-refractivity contribution is 5.92. The van der Waals surface area contributed by atoms with E-state index < -0.39 is 0 Å². The summed E-state index contributed by atoms with van der Waals surface area (Å²) in [5, 5.41) is 7.65. The highest BCUT2D eigenvalue weighted by Crippen LogP contribution is 2.24. The smallest absolute Gasteiger partial charge is 0.244 e. The van der Waals surface area contributed by atoms with E-state index in [2.05, 4.69) is 29.0 Å². The van der Waals surface area contributed by atoms with Gasteiger partial charge in [0.2, 0.25) is 5.91 Å². The molecule has 150 valence electrons. The van der Waals surface area contributed by atoms with E-state index in [4.69, 9.17) is 5.10 Å². The molecule has 1 amide bonds. The van der Waals surface area contributed by atoms with Crippen molar-refractivity contribution in [2.24, 2.45) is 0 Å². The minimum atomic E-state index is -0.119. The molecule has 0 atom stereocenters. The first-order valence-corrected chi connectivity index (χ1v) is 9.76. The number of nitrogens with one attached hydrogen (secondary N) is 1. The number of rotatable bonds is 8. The lowest BCUT2D eigenvalue weighted by Crippen LogP contribution is -2.35. The number of para-hydroxylation sites is 1. The molecule has 2 heterocycles. The van der Waals surface area contributed by atoms with E-state index in [9.17, 15) is 4.79 Å². The summed E-state index contributed by atoms with van der Waals surface area (Å²) < 4.78 is 1.82. The third kappa shape index (κ3) is 5.62. The fourth-order valence-electron chi connectivity index (χ4n) is 2.79. The number of likely N-dealkylation sites (N-methyl/N-ethyl adjacent to an activating group) is 1. The average molecular weight is 390 g/mol. The van der Waals surface area contributed by atoms with Crippen molar-refractivity contribution in [2.75, 3.05) is 20.1 Å². The first-order chi connectivity index (χ1) is 14.0. The van der Waals surface area contributed by atoms with E-state index >= 15 is 0 Å². The molecule has 0 aliphatic carbocycles. The van der Waals surface area contributed by atoms with Crippen LogP contribution < -0.4 is 5.32 Å². The molecule has 1 N–H and O–H groups in total. The van der Waals surface area contributed by atoms with Crippen LogP contribution in [0.5, 0.6) is 0 Å². The number of hydrogen-bond donors (Lipinski definition) is 1. The molecule has 0 saturated carbocycles. The molecule has 0 bridgehead atoms. The van der Waals surface area contributed by atoms with E-state index in [1.165, 1.54) is 0 Å². The van der Waals surface area contributed by atoms with Gasteiger partial charge in [-0.2, -0.15) is 5.10 Å². The maximum absolute atomic E-state index is 12.2. The number of carbonyl (C=O) groups excluding carboxylic acids is 1. The van der Waals surface area contributed by atoms with E-state index in [0.29, 0.717) is 12.6 Å². The number of pyridine rings is 1. The van der Waals surface area contributed by atoms with Crippen LogP contribution >= 0.6 is 0 Å².